The average molecular weight is 1490 g/mol. The zero-order valence-corrected chi connectivity index (χ0v) is 64.2. The first kappa shape index (κ1) is 81.2. The number of amides is 1. The number of phenolic OH excluding ortho intramolecular Hbond substituents is 1. The molecule has 3 aliphatic heterocycles. The number of fused-ring (bicyclic) bond motifs is 3. The Morgan fingerprint density at radius 2 is 0.936 bits per heavy atom. The number of likely N-dealkylation sites (tertiary alicyclic amines) is 3. The topological polar surface area (TPSA) is 307 Å². The summed E-state index contributed by atoms with van der Waals surface area (Å²) < 4.78 is 34.9. The van der Waals surface area contributed by atoms with Gasteiger partial charge in [0.15, 0.2) is 16.7 Å². The van der Waals surface area contributed by atoms with Gasteiger partial charge in [-0.25, -0.2) is 24.4 Å². The number of hydrogen-bond donors (Lipinski definition) is 3. The predicted molar refractivity (Wildman–Crippen MR) is 420 cm³/mol. The first-order valence-corrected chi connectivity index (χ1v) is 37.6. The lowest BCUT2D eigenvalue weighted by Gasteiger charge is -2.33. The molecule has 0 unspecified atom stereocenters. The van der Waals surface area contributed by atoms with E-state index in [1.54, 1.807) is 35.2 Å². The van der Waals surface area contributed by atoms with Gasteiger partial charge in [0.2, 0.25) is 11.8 Å². The number of hydrogen-bond acceptors (Lipinski definition) is 21. The normalized spacial score (nSPS) is 14.7. The number of allylic oxidation sites excluding steroid dienone is 1. The molecular weight excluding hydrogens is 1390 g/mol. The van der Waals surface area contributed by atoms with E-state index in [1.807, 2.05) is 98.4 Å². The van der Waals surface area contributed by atoms with E-state index in [4.69, 9.17) is 48.5 Å². The molecule has 110 heavy (non-hydrogen) atoms. The number of rotatable bonds is 24. The van der Waals surface area contributed by atoms with Gasteiger partial charge in [0.25, 0.3) is 0 Å². The van der Waals surface area contributed by atoms with Crippen molar-refractivity contribution in [3.8, 4) is 41.1 Å². The summed E-state index contributed by atoms with van der Waals surface area (Å²) >= 11 is 0. The number of nitriles is 2. The van der Waals surface area contributed by atoms with Crippen LogP contribution in [0.25, 0.3) is 39.0 Å². The lowest BCUT2D eigenvalue weighted by Crippen LogP contribution is -2.41. The smallest absolute Gasteiger partial charge is 0.410 e. The van der Waals surface area contributed by atoms with Crippen molar-refractivity contribution in [1.29, 1.82) is 10.5 Å². The van der Waals surface area contributed by atoms with E-state index in [-0.39, 0.29) is 11.8 Å². The van der Waals surface area contributed by atoms with Crippen LogP contribution in [-0.2, 0) is 59.8 Å². The third kappa shape index (κ3) is 23.9. The number of phenols is 1. The number of carbonyl (C=O) groups excluding carboxylic acids is 1. The minimum atomic E-state index is -1.26. The third-order valence-corrected chi connectivity index (χ3v) is 19.6. The van der Waals surface area contributed by atoms with Crippen molar-refractivity contribution in [1.82, 2.24) is 49.9 Å². The van der Waals surface area contributed by atoms with Crippen LogP contribution in [0.3, 0.4) is 0 Å². The summed E-state index contributed by atoms with van der Waals surface area (Å²) in [6.45, 7) is 17.0. The molecule has 0 spiro atoms. The molecule has 13 rings (SSSR count). The summed E-state index contributed by atoms with van der Waals surface area (Å²) in [6, 6.07) is 44.0. The molecule has 5 aromatic heterocycles. The Balaban J connectivity index is 0.000000169. The van der Waals surface area contributed by atoms with E-state index in [2.05, 4.69) is 118 Å². The van der Waals surface area contributed by atoms with Crippen molar-refractivity contribution in [3.63, 3.8) is 0 Å². The van der Waals surface area contributed by atoms with Crippen molar-refractivity contribution < 1.29 is 57.5 Å². The first-order chi connectivity index (χ1) is 53.1. The summed E-state index contributed by atoms with van der Waals surface area (Å²) in [5, 5.41) is 60.0. The molecular formula is C86H100N12O12. The third-order valence-electron chi connectivity index (χ3n) is 19.6. The van der Waals surface area contributed by atoms with Crippen LogP contribution in [0.2, 0.25) is 0 Å². The van der Waals surface area contributed by atoms with Gasteiger partial charge in [0, 0.05) is 92.1 Å². The number of aromatic hydroxyl groups is 1. The zero-order chi connectivity index (χ0) is 78.1. The highest BCUT2D eigenvalue weighted by Gasteiger charge is 2.29. The molecule has 576 valence electrons. The number of nitrogens with zero attached hydrogens (tertiary/aromatic N) is 12. The molecule has 8 heterocycles. The number of ether oxygens (including phenoxy) is 3. The minimum Gasteiger partial charge on any atom is -0.507 e. The molecule has 24 nitrogen and oxygen atoms in total. The molecule has 0 bridgehead atoms. The summed E-state index contributed by atoms with van der Waals surface area (Å²) in [4.78, 5) is 50.9. The van der Waals surface area contributed by atoms with Crippen LogP contribution >= 0.6 is 0 Å². The molecule has 0 aliphatic carbocycles. The van der Waals surface area contributed by atoms with Gasteiger partial charge < -0.3 is 57.8 Å². The fourth-order valence-corrected chi connectivity index (χ4v) is 13.9. The van der Waals surface area contributed by atoms with E-state index in [0.717, 1.165) is 159 Å². The molecule has 1 amide bonds. The molecule has 3 N–H and O–H groups in total. The van der Waals surface area contributed by atoms with Crippen LogP contribution in [0.15, 0.2) is 166 Å². The number of aryl methyl sites for hydroxylation is 3. The molecule has 10 aromatic rings. The largest absolute Gasteiger partial charge is 0.507 e. The van der Waals surface area contributed by atoms with Crippen LogP contribution in [-0.4, -0.2) is 156 Å². The van der Waals surface area contributed by atoms with E-state index in [0.29, 0.717) is 88.5 Å². The highest BCUT2D eigenvalue weighted by atomic mass is 16.6. The lowest BCUT2D eigenvalue weighted by molar-refractivity contribution is -0.134. The fraction of sp³-hybridized carbons (Fsp3) is 0.395. The Bertz CT molecular complexity index is 4550. The van der Waals surface area contributed by atoms with Gasteiger partial charge >= 0.3 is 18.0 Å². The minimum absolute atomic E-state index is 0.197. The van der Waals surface area contributed by atoms with Gasteiger partial charge in [-0.1, -0.05) is 88.3 Å². The molecule has 24 heteroatoms. The van der Waals surface area contributed by atoms with Gasteiger partial charge in [-0.15, -0.1) is 0 Å². The Morgan fingerprint density at radius 3 is 1.30 bits per heavy atom. The molecule has 0 radical (unpaired) electrons. The van der Waals surface area contributed by atoms with E-state index >= 15 is 0 Å². The molecule has 5 aromatic carbocycles. The van der Waals surface area contributed by atoms with Crippen LogP contribution in [0, 0.1) is 40.4 Å². The first-order valence-electron chi connectivity index (χ1n) is 37.6. The Morgan fingerprint density at radius 1 is 0.545 bits per heavy atom. The van der Waals surface area contributed by atoms with Crippen molar-refractivity contribution in [3.05, 3.63) is 208 Å². The van der Waals surface area contributed by atoms with E-state index < -0.39 is 17.5 Å². The monoisotopic (exact) mass is 1490 g/mol. The fourth-order valence-electron chi connectivity index (χ4n) is 13.9. The summed E-state index contributed by atoms with van der Waals surface area (Å²) in [5.74, 6) is 1.92. The van der Waals surface area contributed by atoms with Crippen molar-refractivity contribution in [2.24, 2.45) is 17.8 Å². The lowest BCUT2D eigenvalue weighted by atomic mass is 9.91. The highest BCUT2D eigenvalue weighted by Crippen LogP contribution is 2.38. The summed E-state index contributed by atoms with van der Waals surface area (Å²) in [7, 11) is 8.07. The molecule has 3 saturated heterocycles. The molecule has 0 saturated carbocycles. The number of benzene rings is 5. The number of aromatic nitrogens is 5. The second kappa shape index (κ2) is 39.7. The number of piperidine rings is 3. The van der Waals surface area contributed by atoms with Gasteiger partial charge in [0.1, 0.15) is 35.0 Å². The maximum Gasteiger partial charge on any atom is 0.410 e. The van der Waals surface area contributed by atoms with E-state index in [1.165, 1.54) is 49.2 Å². The second-order valence-electron chi connectivity index (χ2n) is 29.7. The van der Waals surface area contributed by atoms with Gasteiger partial charge in [0.05, 0.1) is 44.9 Å². The molecule has 3 fully saturated rings. The number of carboxylic acids is 2. The van der Waals surface area contributed by atoms with Crippen molar-refractivity contribution in [2.45, 2.75) is 137 Å². The van der Waals surface area contributed by atoms with Crippen LogP contribution < -0.4 is 9.47 Å². The van der Waals surface area contributed by atoms with Crippen LogP contribution in [0.1, 0.15) is 142 Å². The molecule has 0 atom stereocenters. The van der Waals surface area contributed by atoms with Crippen molar-refractivity contribution >= 4 is 57.0 Å². The van der Waals surface area contributed by atoms with Crippen molar-refractivity contribution in [2.75, 3.05) is 67.5 Å². The second-order valence-corrected chi connectivity index (χ2v) is 29.7. The number of aliphatic carboxylic acids is 2. The van der Waals surface area contributed by atoms with Gasteiger partial charge in [-0.2, -0.15) is 10.5 Å². The maximum absolute atomic E-state index is 12.2. The summed E-state index contributed by atoms with van der Waals surface area (Å²) in [6.07, 6.45) is 20.4. The van der Waals surface area contributed by atoms with E-state index in [9.17, 15) is 19.5 Å². The highest BCUT2D eigenvalue weighted by molar-refractivity contribution is 5.91. The number of pyridine rings is 2. The predicted octanol–water partition coefficient (Wildman–Crippen LogP) is 16.4. The number of carbonyl (C=O) groups is 3. The summed E-state index contributed by atoms with van der Waals surface area (Å²) in [5.41, 5.74) is 11.0. The SMILES string of the molecule is CC=Cc1c(O)ccc2c(CCC3CCN(C(=O)OC(C)(C)C)CC3)noc12.CN(C)Cc1c(Oc2ccc(C#N)cn2)ccc2c(CCC3CCN(Cc4ccccc4)CC3)noc12.CN(C)Cc1c(Oc2ccc(C#N)cn2)ccc2c(CCC3CCN(Cc4ccccc4)CC3)noc12.O=C(O)/C=C/C(=O)O. The quantitative estimate of drug-likeness (QED) is 0.0473. The number of carboxylic acid groups (broad SMARTS) is 2. The van der Waals surface area contributed by atoms with Gasteiger partial charge in [-0.3, -0.25) is 9.80 Å². The standard InChI is InChI=1S/2C30H33N5O2.C22H30N2O4.C4H4O4/c2*1-34(2)21-26-28(36-29-13-9-24(18-31)19-32-29)12-10-25-27(33-37-30(25)26)11-8-22-14-16-35(17-15-22)20-23-6-4-3-5-7-23;1-5-6-17-19(25)10-8-16-18(23-28-20(16)17)9-7-15-11-13-24(14-12-15)21(26)27-22(2,3)4;5-3(6)1-2-4(7)8/h2*3-7,9-10,12-13,19,22H,8,11,14-17,20-21H2,1-2H3;5-6,8,10,15,25H,7,9,11-14H2,1-4H3;1-2H,(H,5,6)(H,7,8)/b;;;2-1+. The Kier molecular flexibility index (Phi) is 29.3. The van der Waals surface area contributed by atoms with Crippen LogP contribution in [0.4, 0.5) is 4.79 Å². The zero-order valence-electron chi connectivity index (χ0n) is 64.2. The Hall–Kier alpha value is -11.3. The maximum atomic E-state index is 12.2. The van der Waals surface area contributed by atoms with Crippen LogP contribution in [0.5, 0.6) is 29.0 Å². The van der Waals surface area contributed by atoms with Gasteiger partial charge in [-0.05, 0) is 237 Å². The Labute approximate surface area is 642 Å². The average Bonchev–Trinajstić information content (AvgIpc) is 1.63. The molecule has 3 aliphatic rings.